The first kappa shape index (κ1) is 14.9. The zero-order valence-corrected chi connectivity index (χ0v) is 10.7. The van der Waals surface area contributed by atoms with Crippen molar-refractivity contribution in [1.29, 1.82) is 0 Å². The summed E-state index contributed by atoms with van der Waals surface area (Å²) in [6, 6.07) is 0. The predicted molar refractivity (Wildman–Crippen MR) is 65.1 cm³/mol. The van der Waals surface area contributed by atoms with E-state index in [4.69, 9.17) is 9.84 Å². The Hall–Kier alpha value is -0.0800. The molecule has 0 spiro atoms. The van der Waals surface area contributed by atoms with Crippen LogP contribution in [0.3, 0.4) is 0 Å². The van der Waals surface area contributed by atoms with Crippen LogP contribution in [-0.4, -0.2) is 23.9 Å². The van der Waals surface area contributed by atoms with Gasteiger partial charge in [-0.3, -0.25) is 0 Å². The zero-order valence-electron chi connectivity index (χ0n) is 10.7. The second-order valence-electron chi connectivity index (χ2n) is 4.53. The van der Waals surface area contributed by atoms with Gasteiger partial charge in [0.2, 0.25) is 0 Å². The molecule has 0 saturated heterocycles. The molecule has 2 atom stereocenters. The molecule has 0 aliphatic carbocycles. The van der Waals surface area contributed by atoms with Crippen molar-refractivity contribution in [3.63, 3.8) is 0 Å². The fourth-order valence-corrected chi connectivity index (χ4v) is 1.72. The molecule has 2 nitrogen and oxygen atoms in total. The molecule has 0 aromatic heterocycles. The van der Waals surface area contributed by atoms with E-state index >= 15 is 0 Å². The van der Waals surface area contributed by atoms with Crippen LogP contribution >= 0.6 is 0 Å². The summed E-state index contributed by atoms with van der Waals surface area (Å²) in [7, 11) is 0. The van der Waals surface area contributed by atoms with Crippen LogP contribution in [-0.2, 0) is 4.74 Å². The number of aliphatic hydroxyl groups is 1. The summed E-state index contributed by atoms with van der Waals surface area (Å²) in [5.74, 6) is 0. The maximum Gasteiger partial charge on any atom is 0.0571 e. The Kier molecular flexibility index (Phi) is 10.4. The highest BCUT2D eigenvalue weighted by atomic mass is 16.5. The number of unbranched alkanes of at least 4 members (excludes halogenated alkanes) is 5. The topological polar surface area (TPSA) is 29.5 Å². The predicted octanol–water partition coefficient (Wildman–Crippen LogP) is 3.52. The fraction of sp³-hybridized carbons (Fsp3) is 1.00. The Morgan fingerprint density at radius 1 is 1.00 bits per heavy atom. The Morgan fingerprint density at radius 2 is 1.60 bits per heavy atom. The standard InChI is InChI=1S/C13H28O2/c1-4-5-6-7-8-9-10-15-13(3)11-12(2)14/h12-14H,4-11H2,1-3H3/t12-,13+/m0/s1. The van der Waals surface area contributed by atoms with Crippen molar-refractivity contribution in [3.05, 3.63) is 0 Å². The molecule has 0 aliphatic rings. The summed E-state index contributed by atoms with van der Waals surface area (Å²) >= 11 is 0. The molecule has 1 N–H and O–H groups in total. The lowest BCUT2D eigenvalue weighted by Crippen LogP contribution is -2.16. The molecule has 0 amide bonds. The molecule has 0 bridgehead atoms. The highest BCUT2D eigenvalue weighted by Gasteiger charge is 2.05. The third-order valence-electron chi connectivity index (χ3n) is 2.57. The second-order valence-corrected chi connectivity index (χ2v) is 4.53. The van der Waals surface area contributed by atoms with E-state index in [1.165, 1.54) is 32.1 Å². The third kappa shape index (κ3) is 11.8. The monoisotopic (exact) mass is 216 g/mol. The number of ether oxygens (including phenoxy) is 1. The van der Waals surface area contributed by atoms with E-state index < -0.39 is 0 Å². The van der Waals surface area contributed by atoms with Gasteiger partial charge >= 0.3 is 0 Å². The number of rotatable bonds is 10. The van der Waals surface area contributed by atoms with E-state index in [0.29, 0.717) is 0 Å². The van der Waals surface area contributed by atoms with Crippen LogP contribution in [0.15, 0.2) is 0 Å². The van der Waals surface area contributed by atoms with Gasteiger partial charge in [0, 0.05) is 6.61 Å². The van der Waals surface area contributed by atoms with Crippen molar-refractivity contribution < 1.29 is 9.84 Å². The molecule has 0 heterocycles. The van der Waals surface area contributed by atoms with Gasteiger partial charge in [0.1, 0.15) is 0 Å². The summed E-state index contributed by atoms with van der Waals surface area (Å²) in [5, 5.41) is 9.14. The average Bonchev–Trinajstić information content (AvgIpc) is 2.15. The molecule has 0 radical (unpaired) electrons. The summed E-state index contributed by atoms with van der Waals surface area (Å²) in [6.45, 7) is 6.93. The van der Waals surface area contributed by atoms with Gasteiger partial charge in [0.05, 0.1) is 12.2 Å². The molecule has 0 fully saturated rings. The lowest BCUT2D eigenvalue weighted by atomic mass is 10.1. The van der Waals surface area contributed by atoms with Crippen LogP contribution < -0.4 is 0 Å². The molecule has 0 aromatic rings. The maximum absolute atomic E-state index is 9.14. The van der Waals surface area contributed by atoms with Crippen LogP contribution in [0.25, 0.3) is 0 Å². The Balaban J connectivity index is 3.09. The molecule has 2 heteroatoms. The van der Waals surface area contributed by atoms with Crippen molar-refractivity contribution in [1.82, 2.24) is 0 Å². The van der Waals surface area contributed by atoms with Gasteiger partial charge < -0.3 is 9.84 Å². The summed E-state index contributed by atoms with van der Waals surface area (Å²) in [4.78, 5) is 0. The summed E-state index contributed by atoms with van der Waals surface area (Å²) in [6.07, 6.45) is 8.50. The van der Waals surface area contributed by atoms with Crippen LogP contribution in [0.5, 0.6) is 0 Å². The third-order valence-corrected chi connectivity index (χ3v) is 2.57. The molecule has 0 aromatic carbocycles. The minimum atomic E-state index is -0.246. The maximum atomic E-state index is 9.14. The summed E-state index contributed by atoms with van der Waals surface area (Å²) < 4.78 is 5.60. The molecule has 92 valence electrons. The minimum absolute atomic E-state index is 0.195. The van der Waals surface area contributed by atoms with E-state index in [9.17, 15) is 0 Å². The molecular formula is C13H28O2. The van der Waals surface area contributed by atoms with Gasteiger partial charge in [0.15, 0.2) is 0 Å². The smallest absolute Gasteiger partial charge is 0.0571 e. The van der Waals surface area contributed by atoms with Gasteiger partial charge in [-0.05, 0) is 26.7 Å². The largest absolute Gasteiger partial charge is 0.393 e. The first-order valence-electron chi connectivity index (χ1n) is 6.46. The fourth-order valence-electron chi connectivity index (χ4n) is 1.72. The Labute approximate surface area is 95.0 Å². The highest BCUT2D eigenvalue weighted by Crippen LogP contribution is 2.07. The van der Waals surface area contributed by atoms with Gasteiger partial charge in [-0.25, -0.2) is 0 Å². The summed E-state index contributed by atoms with van der Waals surface area (Å²) in [5.41, 5.74) is 0. The molecule has 0 aliphatic heterocycles. The lowest BCUT2D eigenvalue weighted by Gasteiger charge is -2.14. The zero-order chi connectivity index (χ0) is 11.5. The minimum Gasteiger partial charge on any atom is -0.393 e. The molecule has 0 saturated carbocycles. The Bertz CT molecular complexity index is 124. The van der Waals surface area contributed by atoms with Crippen LogP contribution in [0.4, 0.5) is 0 Å². The van der Waals surface area contributed by atoms with Crippen LogP contribution in [0.2, 0.25) is 0 Å². The van der Waals surface area contributed by atoms with Crippen molar-refractivity contribution in [2.24, 2.45) is 0 Å². The second kappa shape index (κ2) is 10.4. The van der Waals surface area contributed by atoms with Gasteiger partial charge in [-0.2, -0.15) is 0 Å². The number of hydrogen-bond donors (Lipinski definition) is 1. The first-order chi connectivity index (χ1) is 7.16. The van der Waals surface area contributed by atoms with E-state index in [2.05, 4.69) is 6.92 Å². The SMILES string of the molecule is CCCCCCCCO[C@H](C)C[C@H](C)O. The average molecular weight is 216 g/mol. The molecule has 15 heavy (non-hydrogen) atoms. The van der Waals surface area contributed by atoms with Crippen LogP contribution in [0, 0.1) is 0 Å². The number of aliphatic hydroxyl groups excluding tert-OH is 1. The van der Waals surface area contributed by atoms with Crippen LogP contribution in [0.1, 0.15) is 65.7 Å². The normalized spacial score (nSPS) is 15.2. The van der Waals surface area contributed by atoms with Gasteiger partial charge in [-0.15, -0.1) is 0 Å². The Morgan fingerprint density at radius 3 is 2.20 bits per heavy atom. The first-order valence-corrected chi connectivity index (χ1v) is 6.46. The van der Waals surface area contributed by atoms with Gasteiger partial charge in [0.25, 0.3) is 0 Å². The van der Waals surface area contributed by atoms with E-state index in [1.807, 2.05) is 13.8 Å². The molecule has 0 unspecified atom stereocenters. The lowest BCUT2D eigenvalue weighted by molar-refractivity contribution is 0.0273. The quantitative estimate of drug-likeness (QED) is 0.566. The van der Waals surface area contributed by atoms with Crippen molar-refractivity contribution in [2.75, 3.05) is 6.61 Å². The van der Waals surface area contributed by atoms with E-state index in [0.717, 1.165) is 19.4 Å². The number of hydrogen-bond acceptors (Lipinski definition) is 2. The highest BCUT2D eigenvalue weighted by molar-refractivity contribution is 4.55. The van der Waals surface area contributed by atoms with E-state index in [1.54, 1.807) is 0 Å². The van der Waals surface area contributed by atoms with Gasteiger partial charge in [-0.1, -0.05) is 39.0 Å². The van der Waals surface area contributed by atoms with E-state index in [-0.39, 0.29) is 12.2 Å². The van der Waals surface area contributed by atoms with Crippen molar-refractivity contribution >= 4 is 0 Å². The molecular weight excluding hydrogens is 188 g/mol. The van der Waals surface area contributed by atoms with Crippen molar-refractivity contribution in [3.8, 4) is 0 Å². The van der Waals surface area contributed by atoms with Crippen molar-refractivity contribution in [2.45, 2.75) is 77.9 Å². The molecule has 0 rings (SSSR count).